The van der Waals surface area contributed by atoms with Crippen molar-refractivity contribution >= 4 is 14.3 Å². The second kappa shape index (κ2) is 10.2. The predicted octanol–water partition coefficient (Wildman–Crippen LogP) is 2.87. The smallest absolute Gasteiger partial charge is 0.302 e. The molecule has 9 heteroatoms. The van der Waals surface area contributed by atoms with E-state index >= 15 is 0 Å². The van der Waals surface area contributed by atoms with E-state index in [-0.39, 0.29) is 49.3 Å². The first-order valence-electron chi connectivity index (χ1n) is 11.1. The molecule has 0 unspecified atom stereocenters. The van der Waals surface area contributed by atoms with E-state index in [0.29, 0.717) is 6.42 Å². The van der Waals surface area contributed by atoms with E-state index in [1.165, 1.54) is 6.92 Å². The van der Waals surface area contributed by atoms with Gasteiger partial charge in [0.05, 0.1) is 24.9 Å². The van der Waals surface area contributed by atoms with Crippen LogP contribution < -0.4 is 0 Å². The number of carbonyl (C=O) groups is 1. The van der Waals surface area contributed by atoms with Crippen molar-refractivity contribution in [2.24, 2.45) is 5.41 Å². The van der Waals surface area contributed by atoms with Gasteiger partial charge in [-0.2, -0.15) is 0 Å². The standard InChI is InChI=1S/C22H42O8Si/c1-14(23)26-12-16-18-19(28-13-27-16)20(25-7)22(5,6)17(30-18)10-15(24)11-29-31(8,9)21(2,3)4/h15-20,24H,10-13H2,1-9H3/t15-,16-,17-,18-,19+,20-/m1/s1. The van der Waals surface area contributed by atoms with Crippen molar-refractivity contribution < 1.29 is 38.0 Å². The lowest BCUT2D eigenvalue weighted by molar-refractivity contribution is -0.331. The van der Waals surface area contributed by atoms with Gasteiger partial charge in [-0.1, -0.05) is 34.6 Å². The molecule has 6 atom stereocenters. The zero-order chi connectivity index (χ0) is 23.6. The zero-order valence-corrected chi connectivity index (χ0v) is 21.6. The number of rotatable bonds is 8. The highest BCUT2D eigenvalue weighted by Gasteiger charge is 2.56. The van der Waals surface area contributed by atoms with E-state index in [9.17, 15) is 9.90 Å². The van der Waals surface area contributed by atoms with Crippen molar-refractivity contribution in [2.75, 3.05) is 27.1 Å². The Morgan fingerprint density at radius 2 is 1.87 bits per heavy atom. The molecule has 8 nitrogen and oxygen atoms in total. The predicted molar refractivity (Wildman–Crippen MR) is 118 cm³/mol. The summed E-state index contributed by atoms with van der Waals surface area (Å²) in [4.78, 5) is 11.3. The van der Waals surface area contributed by atoms with Gasteiger partial charge < -0.3 is 33.2 Å². The lowest BCUT2D eigenvalue weighted by atomic mass is 9.72. The van der Waals surface area contributed by atoms with Crippen LogP contribution in [0.4, 0.5) is 0 Å². The molecule has 0 saturated carbocycles. The highest BCUT2D eigenvalue weighted by Crippen LogP contribution is 2.44. The maximum atomic E-state index is 11.3. The number of hydrogen-bond donors (Lipinski definition) is 1. The number of carbonyl (C=O) groups excluding carboxylic acids is 1. The highest BCUT2D eigenvalue weighted by molar-refractivity contribution is 6.74. The average Bonchev–Trinajstić information content (AvgIpc) is 2.64. The van der Waals surface area contributed by atoms with Crippen LogP contribution in [0.15, 0.2) is 0 Å². The summed E-state index contributed by atoms with van der Waals surface area (Å²) in [5.74, 6) is -0.374. The largest absolute Gasteiger partial charge is 0.463 e. The molecular weight excluding hydrogens is 420 g/mol. The Labute approximate surface area is 188 Å². The van der Waals surface area contributed by atoms with Crippen molar-refractivity contribution in [3.63, 3.8) is 0 Å². The average molecular weight is 463 g/mol. The molecule has 0 spiro atoms. The Morgan fingerprint density at radius 3 is 2.42 bits per heavy atom. The van der Waals surface area contributed by atoms with E-state index in [1.54, 1.807) is 7.11 Å². The van der Waals surface area contributed by atoms with Crippen LogP contribution in [0.25, 0.3) is 0 Å². The van der Waals surface area contributed by atoms with Gasteiger partial charge in [-0.25, -0.2) is 0 Å². The fourth-order valence-corrected chi connectivity index (χ4v) is 5.02. The summed E-state index contributed by atoms with van der Waals surface area (Å²) in [7, 11) is -0.309. The third-order valence-electron chi connectivity index (χ3n) is 7.05. The SMILES string of the molecule is CO[C@@H]1[C@H]2OCO[C@H](COC(C)=O)[C@H]2O[C@H](C[C@@H](O)CO[Si](C)(C)C(C)(C)C)C1(C)C. The Morgan fingerprint density at radius 1 is 1.23 bits per heavy atom. The van der Waals surface area contributed by atoms with Crippen LogP contribution in [-0.2, 0) is 32.9 Å². The van der Waals surface area contributed by atoms with E-state index < -0.39 is 32.0 Å². The number of methoxy groups -OCH3 is 1. The van der Waals surface area contributed by atoms with Gasteiger partial charge in [-0.3, -0.25) is 4.79 Å². The van der Waals surface area contributed by atoms with Crippen LogP contribution in [0.2, 0.25) is 18.1 Å². The lowest BCUT2D eigenvalue weighted by Gasteiger charge is -2.54. The van der Waals surface area contributed by atoms with Gasteiger partial charge in [0.1, 0.15) is 31.7 Å². The fraction of sp³-hybridized carbons (Fsp3) is 0.955. The maximum Gasteiger partial charge on any atom is 0.302 e. The number of fused-ring (bicyclic) bond motifs is 1. The quantitative estimate of drug-likeness (QED) is 0.435. The number of esters is 1. The minimum Gasteiger partial charge on any atom is -0.463 e. The Hall–Kier alpha value is -0.553. The van der Waals surface area contributed by atoms with Crippen LogP contribution in [0, 0.1) is 5.41 Å². The van der Waals surface area contributed by atoms with Crippen LogP contribution in [0.5, 0.6) is 0 Å². The summed E-state index contributed by atoms with van der Waals surface area (Å²) in [6, 6.07) is 0. The monoisotopic (exact) mass is 462 g/mol. The molecule has 0 radical (unpaired) electrons. The molecule has 0 bridgehead atoms. The van der Waals surface area contributed by atoms with Crippen molar-refractivity contribution in [1.82, 2.24) is 0 Å². The molecule has 2 rings (SSSR count). The first-order valence-corrected chi connectivity index (χ1v) is 14.0. The molecule has 31 heavy (non-hydrogen) atoms. The molecular formula is C22H42O8Si. The Bertz CT molecular complexity index is 603. The van der Waals surface area contributed by atoms with E-state index in [4.69, 9.17) is 28.1 Å². The Kier molecular flexibility index (Phi) is 8.74. The molecule has 2 aliphatic heterocycles. The van der Waals surface area contributed by atoms with Crippen molar-refractivity contribution in [1.29, 1.82) is 0 Å². The normalized spacial score (nSPS) is 32.3. The topological polar surface area (TPSA) is 92.7 Å². The third kappa shape index (κ3) is 6.28. The maximum absolute atomic E-state index is 11.3. The van der Waals surface area contributed by atoms with Crippen molar-refractivity contribution in [2.45, 2.75) is 103 Å². The second-order valence-electron chi connectivity index (χ2n) is 10.8. The summed E-state index contributed by atoms with van der Waals surface area (Å²) >= 11 is 0. The van der Waals surface area contributed by atoms with Gasteiger partial charge in [0.2, 0.25) is 0 Å². The molecule has 182 valence electrons. The third-order valence-corrected chi connectivity index (χ3v) is 11.6. The summed E-state index contributed by atoms with van der Waals surface area (Å²) in [5.41, 5.74) is -0.419. The van der Waals surface area contributed by atoms with Gasteiger partial charge in [0.15, 0.2) is 8.32 Å². The molecule has 2 saturated heterocycles. The number of hydrogen-bond acceptors (Lipinski definition) is 8. The van der Waals surface area contributed by atoms with Crippen molar-refractivity contribution in [3.05, 3.63) is 0 Å². The summed E-state index contributed by atoms with van der Waals surface area (Å²) in [5, 5.41) is 10.9. The lowest BCUT2D eigenvalue weighted by Crippen LogP contribution is -2.66. The van der Waals surface area contributed by atoms with Crippen molar-refractivity contribution in [3.8, 4) is 0 Å². The summed E-state index contributed by atoms with van der Waals surface area (Å²) in [6.07, 6.45) is -2.15. The number of ether oxygens (including phenoxy) is 5. The summed E-state index contributed by atoms with van der Waals surface area (Å²) in [6.45, 7) is 16.8. The molecule has 1 N–H and O–H groups in total. The van der Waals surface area contributed by atoms with E-state index in [2.05, 4.69) is 47.7 Å². The zero-order valence-electron chi connectivity index (χ0n) is 20.6. The molecule has 0 aromatic heterocycles. The van der Waals surface area contributed by atoms with E-state index in [0.717, 1.165) is 0 Å². The molecule has 2 aliphatic rings. The van der Waals surface area contributed by atoms with Gasteiger partial charge in [-0.05, 0) is 18.1 Å². The van der Waals surface area contributed by atoms with Crippen LogP contribution in [-0.4, -0.2) is 83.1 Å². The Balaban J connectivity index is 2.11. The first-order chi connectivity index (χ1) is 14.2. The minimum absolute atomic E-state index is 0.0718. The van der Waals surface area contributed by atoms with Crippen LogP contribution in [0.3, 0.4) is 0 Å². The second-order valence-corrected chi connectivity index (χ2v) is 15.6. The van der Waals surface area contributed by atoms with Gasteiger partial charge in [0, 0.05) is 25.9 Å². The molecule has 0 amide bonds. The minimum atomic E-state index is -1.96. The number of aliphatic hydroxyl groups is 1. The van der Waals surface area contributed by atoms with Crippen LogP contribution >= 0.6 is 0 Å². The van der Waals surface area contributed by atoms with Crippen LogP contribution in [0.1, 0.15) is 48.0 Å². The molecule has 0 aromatic rings. The molecule has 0 aromatic carbocycles. The van der Waals surface area contributed by atoms with Gasteiger partial charge >= 0.3 is 5.97 Å². The highest BCUT2D eigenvalue weighted by atomic mass is 28.4. The molecule has 0 aliphatic carbocycles. The molecule has 2 heterocycles. The first kappa shape index (κ1) is 26.7. The van der Waals surface area contributed by atoms with Gasteiger partial charge in [-0.15, -0.1) is 0 Å². The number of aliphatic hydroxyl groups excluding tert-OH is 1. The van der Waals surface area contributed by atoms with E-state index in [1.807, 2.05) is 0 Å². The van der Waals surface area contributed by atoms with Gasteiger partial charge in [0.25, 0.3) is 0 Å². The molecule has 2 fully saturated rings. The summed E-state index contributed by atoms with van der Waals surface area (Å²) < 4.78 is 35.2. The fourth-order valence-electron chi connectivity index (χ4n) is 3.98.